The number of carbonyl (C=O) groups is 1. The molecule has 1 aliphatic heterocycles. The van der Waals surface area contributed by atoms with Gasteiger partial charge < -0.3 is 15.1 Å². The maximum absolute atomic E-state index is 12.7. The fraction of sp³-hybridized carbons (Fsp3) is 0.421. The summed E-state index contributed by atoms with van der Waals surface area (Å²) < 4.78 is 5.81. The summed E-state index contributed by atoms with van der Waals surface area (Å²) >= 11 is 0. The third-order valence-corrected chi connectivity index (χ3v) is 4.72. The zero-order valence-electron chi connectivity index (χ0n) is 13.8. The molecule has 0 saturated carbocycles. The van der Waals surface area contributed by atoms with Crippen molar-refractivity contribution in [2.24, 2.45) is 11.7 Å². The summed E-state index contributed by atoms with van der Waals surface area (Å²) in [6.07, 6.45) is 1.98. The number of nitrogens with zero attached hydrogens (tertiary/aromatic N) is 1. The van der Waals surface area contributed by atoms with Gasteiger partial charge in [-0.05, 0) is 49.9 Å². The Labute approximate surface area is 137 Å². The van der Waals surface area contributed by atoms with Gasteiger partial charge in [0.2, 0.25) is 0 Å². The molecule has 0 radical (unpaired) electrons. The van der Waals surface area contributed by atoms with Crippen molar-refractivity contribution in [1.29, 1.82) is 0 Å². The average molecular weight is 312 g/mol. The van der Waals surface area contributed by atoms with E-state index >= 15 is 0 Å². The number of aryl methyl sites for hydroxylation is 1. The minimum absolute atomic E-state index is 0.0371. The van der Waals surface area contributed by atoms with Gasteiger partial charge in [0.15, 0.2) is 5.76 Å². The van der Waals surface area contributed by atoms with E-state index in [9.17, 15) is 4.79 Å². The summed E-state index contributed by atoms with van der Waals surface area (Å²) in [5.41, 5.74) is 8.02. The summed E-state index contributed by atoms with van der Waals surface area (Å²) in [4.78, 5) is 14.5. The molecule has 1 fully saturated rings. The predicted molar refractivity (Wildman–Crippen MR) is 91.2 cm³/mol. The number of carbonyl (C=O) groups excluding carboxylic acids is 1. The van der Waals surface area contributed by atoms with Gasteiger partial charge in [0.25, 0.3) is 5.91 Å². The molecule has 1 aliphatic rings. The molecule has 2 atom stereocenters. The second-order valence-electron chi connectivity index (χ2n) is 6.36. The molecule has 122 valence electrons. The van der Waals surface area contributed by atoms with Crippen LogP contribution in [0.25, 0.3) is 11.3 Å². The largest absolute Gasteiger partial charge is 0.451 e. The van der Waals surface area contributed by atoms with Crippen LogP contribution in [-0.4, -0.2) is 29.9 Å². The van der Waals surface area contributed by atoms with Crippen molar-refractivity contribution in [3.63, 3.8) is 0 Å². The standard InChI is InChI=1S/C19H24N2O2/c1-3-14-4-6-16(7-5-14)17-8-9-18(23-17)19(22)21-12-15(11-20)10-13(21)2/h4-9,13,15H,3,10-12,20H2,1-2H3. The topological polar surface area (TPSA) is 59.5 Å². The number of likely N-dealkylation sites (tertiary alicyclic amines) is 1. The summed E-state index contributed by atoms with van der Waals surface area (Å²) in [5, 5.41) is 0. The second-order valence-corrected chi connectivity index (χ2v) is 6.36. The Balaban J connectivity index is 1.77. The molecule has 1 saturated heterocycles. The second kappa shape index (κ2) is 6.59. The number of nitrogens with two attached hydrogens (primary N) is 1. The van der Waals surface area contributed by atoms with Crippen molar-refractivity contribution in [2.45, 2.75) is 32.7 Å². The Bertz CT molecular complexity index is 675. The summed E-state index contributed by atoms with van der Waals surface area (Å²) in [6, 6.07) is 12.1. The quantitative estimate of drug-likeness (QED) is 0.942. The molecular weight excluding hydrogens is 288 g/mol. The van der Waals surface area contributed by atoms with E-state index < -0.39 is 0 Å². The van der Waals surface area contributed by atoms with Crippen LogP contribution in [0.2, 0.25) is 0 Å². The fourth-order valence-electron chi connectivity index (χ4n) is 3.25. The van der Waals surface area contributed by atoms with Crippen molar-refractivity contribution < 1.29 is 9.21 Å². The van der Waals surface area contributed by atoms with Gasteiger partial charge in [-0.25, -0.2) is 0 Å². The highest BCUT2D eigenvalue weighted by molar-refractivity contribution is 5.92. The lowest BCUT2D eigenvalue weighted by Gasteiger charge is -2.20. The molecular formula is C19H24N2O2. The van der Waals surface area contributed by atoms with Crippen LogP contribution in [0.3, 0.4) is 0 Å². The fourth-order valence-corrected chi connectivity index (χ4v) is 3.25. The van der Waals surface area contributed by atoms with Crippen molar-refractivity contribution in [2.75, 3.05) is 13.1 Å². The third-order valence-electron chi connectivity index (χ3n) is 4.72. The number of hydrogen-bond acceptors (Lipinski definition) is 3. The molecule has 2 N–H and O–H groups in total. The lowest BCUT2D eigenvalue weighted by atomic mass is 10.1. The monoisotopic (exact) mass is 312 g/mol. The van der Waals surface area contributed by atoms with Crippen LogP contribution in [0.5, 0.6) is 0 Å². The summed E-state index contributed by atoms with van der Waals surface area (Å²) in [6.45, 7) is 5.55. The number of hydrogen-bond donors (Lipinski definition) is 1. The molecule has 1 aromatic carbocycles. The third kappa shape index (κ3) is 3.17. The van der Waals surface area contributed by atoms with Crippen LogP contribution in [0.4, 0.5) is 0 Å². The zero-order chi connectivity index (χ0) is 16.4. The molecule has 4 nitrogen and oxygen atoms in total. The zero-order valence-corrected chi connectivity index (χ0v) is 13.8. The van der Waals surface area contributed by atoms with E-state index in [0.29, 0.717) is 18.2 Å². The van der Waals surface area contributed by atoms with E-state index in [1.165, 1.54) is 5.56 Å². The molecule has 2 heterocycles. The van der Waals surface area contributed by atoms with Gasteiger partial charge in [-0.1, -0.05) is 31.2 Å². The molecule has 1 aromatic heterocycles. The van der Waals surface area contributed by atoms with Gasteiger partial charge >= 0.3 is 0 Å². The molecule has 2 aromatic rings. The van der Waals surface area contributed by atoms with E-state index in [0.717, 1.165) is 30.7 Å². The molecule has 2 unspecified atom stereocenters. The lowest BCUT2D eigenvalue weighted by Crippen LogP contribution is -2.34. The van der Waals surface area contributed by atoms with Crippen molar-refractivity contribution in [3.05, 3.63) is 47.7 Å². The molecule has 1 amide bonds. The average Bonchev–Trinajstić information content (AvgIpc) is 3.21. The van der Waals surface area contributed by atoms with Crippen molar-refractivity contribution >= 4 is 5.91 Å². The van der Waals surface area contributed by atoms with Crippen molar-refractivity contribution in [3.8, 4) is 11.3 Å². The predicted octanol–water partition coefficient (Wildman–Crippen LogP) is 3.32. The Morgan fingerprint density at radius 2 is 2.00 bits per heavy atom. The first-order valence-electron chi connectivity index (χ1n) is 8.32. The van der Waals surface area contributed by atoms with Crippen LogP contribution in [0.1, 0.15) is 36.4 Å². The lowest BCUT2D eigenvalue weighted by molar-refractivity contribution is 0.0712. The Morgan fingerprint density at radius 3 is 2.61 bits per heavy atom. The highest BCUT2D eigenvalue weighted by atomic mass is 16.4. The maximum Gasteiger partial charge on any atom is 0.289 e. The Hall–Kier alpha value is -2.07. The van der Waals surface area contributed by atoms with Gasteiger partial charge in [-0.15, -0.1) is 0 Å². The Morgan fingerprint density at radius 1 is 1.26 bits per heavy atom. The number of amides is 1. The highest BCUT2D eigenvalue weighted by Gasteiger charge is 2.33. The first kappa shape index (κ1) is 15.8. The number of furan rings is 1. The van der Waals surface area contributed by atoms with Crippen LogP contribution < -0.4 is 5.73 Å². The van der Waals surface area contributed by atoms with Crippen LogP contribution in [0, 0.1) is 5.92 Å². The highest BCUT2D eigenvalue weighted by Crippen LogP contribution is 2.27. The van der Waals surface area contributed by atoms with E-state index in [2.05, 4.69) is 26.0 Å². The molecule has 23 heavy (non-hydrogen) atoms. The minimum atomic E-state index is -0.0371. The molecule has 0 aliphatic carbocycles. The van der Waals surface area contributed by atoms with Crippen molar-refractivity contribution in [1.82, 2.24) is 4.90 Å². The Kier molecular flexibility index (Phi) is 4.53. The minimum Gasteiger partial charge on any atom is -0.451 e. The van der Waals surface area contributed by atoms with Gasteiger partial charge in [-0.2, -0.15) is 0 Å². The molecule has 0 spiro atoms. The van der Waals surface area contributed by atoms with Crippen LogP contribution >= 0.6 is 0 Å². The molecule has 4 heteroatoms. The molecule has 3 rings (SSSR count). The number of benzene rings is 1. The first-order chi connectivity index (χ1) is 11.1. The molecule has 0 bridgehead atoms. The summed E-state index contributed by atoms with van der Waals surface area (Å²) in [7, 11) is 0. The van der Waals surface area contributed by atoms with E-state index in [-0.39, 0.29) is 11.9 Å². The van der Waals surface area contributed by atoms with Gasteiger partial charge in [0.1, 0.15) is 5.76 Å². The van der Waals surface area contributed by atoms with Gasteiger partial charge in [0.05, 0.1) is 0 Å². The smallest absolute Gasteiger partial charge is 0.289 e. The van der Waals surface area contributed by atoms with Crippen LogP contribution in [-0.2, 0) is 6.42 Å². The van der Waals surface area contributed by atoms with Gasteiger partial charge in [0, 0.05) is 18.2 Å². The van der Waals surface area contributed by atoms with E-state index in [1.54, 1.807) is 6.07 Å². The summed E-state index contributed by atoms with van der Waals surface area (Å²) in [5.74, 6) is 1.50. The normalized spacial score (nSPS) is 20.9. The van der Waals surface area contributed by atoms with Gasteiger partial charge in [-0.3, -0.25) is 4.79 Å². The first-order valence-corrected chi connectivity index (χ1v) is 8.32. The van der Waals surface area contributed by atoms with E-state index in [4.69, 9.17) is 10.2 Å². The maximum atomic E-state index is 12.7. The van der Waals surface area contributed by atoms with Crippen LogP contribution in [0.15, 0.2) is 40.8 Å². The number of rotatable bonds is 4. The SMILES string of the molecule is CCc1ccc(-c2ccc(C(=O)N3CC(CN)CC3C)o2)cc1. The van der Waals surface area contributed by atoms with E-state index in [1.807, 2.05) is 23.1 Å².